The van der Waals surface area contributed by atoms with Crippen molar-refractivity contribution in [3.8, 4) is 0 Å². The van der Waals surface area contributed by atoms with Crippen LogP contribution in [0.2, 0.25) is 5.02 Å². The third-order valence-corrected chi connectivity index (χ3v) is 6.85. The Balaban J connectivity index is 1.71. The monoisotopic (exact) mass is 419 g/mol. The molecule has 160 valence electrons. The van der Waals surface area contributed by atoms with Gasteiger partial charge in [0.05, 0.1) is 13.1 Å². The van der Waals surface area contributed by atoms with E-state index < -0.39 is 0 Å². The third kappa shape index (κ3) is 5.88. The van der Waals surface area contributed by atoms with E-state index in [-0.39, 0.29) is 24.9 Å². The average molecular weight is 420 g/mol. The molecular weight excluding hydrogens is 386 g/mol. The molecule has 0 saturated carbocycles. The Morgan fingerprint density at radius 3 is 1.79 bits per heavy atom. The maximum atomic E-state index is 13.0. The first-order chi connectivity index (χ1) is 13.8. The number of nitrogens with zero attached hydrogens (tertiary/aromatic N) is 3. The largest absolute Gasteiger partial charge is 0.353 e. The van der Waals surface area contributed by atoms with E-state index in [9.17, 15) is 9.59 Å². The molecule has 0 aliphatic carbocycles. The number of piperidine rings is 2. The second-order valence-corrected chi connectivity index (χ2v) is 9.32. The standard InChI is InChI=1S/C23H34ClN3O2/c1-17-6-10-25(11-7-17)22(28)15-27(20-5-4-19(3)21(24)14-20)16-23(29)26-12-8-18(2)9-13-26/h4-5,14,17-18H,6-13,15-16H2,1-3H3. The van der Waals surface area contributed by atoms with Crippen LogP contribution in [0.25, 0.3) is 0 Å². The molecule has 2 heterocycles. The van der Waals surface area contributed by atoms with Crippen LogP contribution in [0, 0.1) is 18.8 Å². The summed E-state index contributed by atoms with van der Waals surface area (Å²) >= 11 is 6.34. The van der Waals surface area contributed by atoms with Gasteiger partial charge in [0, 0.05) is 36.9 Å². The second-order valence-electron chi connectivity index (χ2n) is 8.92. The highest BCUT2D eigenvalue weighted by Crippen LogP contribution is 2.24. The van der Waals surface area contributed by atoms with Crippen LogP contribution >= 0.6 is 11.6 Å². The van der Waals surface area contributed by atoms with Crippen LogP contribution in [0.15, 0.2) is 18.2 Å². The van der Waals surface area contributed by atoms with Gasteiger partial charge in [0.15, 0.2) is 0 Å². The van der Waals surface area contributed by atoms with E-state index in [1.807, 2.05) is 39.8 Å². The average Bonchev–Trinajstić information content (AvgIpc) is 2.70. The second kappa shape index (κ2) is 9.84. The number of likely N-dealkylation sites (tertiary alicyclic amines) is 2. The smallest absolute Gasteiger partial charge is 0.242 e. The van der Waals surface area contributed by atoms with E-state index >= 15 is 0 Å². The molecular formula is C23H34ClN3O2. The normalized spacial score (nSPS) is 18.8. The van der Waals surface area contributed by atoms with Crippen molar-refractivity contribution in [2.75, 3.05) is 44.2 Å². The number of halogens is 1. The summed E-state index contributed by atoms with van der Waals surface area (Å²) in [5, 5.41) is 0.658. The number of benzene rings is 1. The fourth-order valence-electron chi connectivity index (χ4n) is 4.06. The van der Waals surface area contributed by atoms with Crippen molar-refractivity contribution >= 4 is 29.1 Å². The first-order valence-electron chi connectivity index (χ1n) is 10.9. The Morgan fingerprint density at radius 1 is 0.931 bits per heavy atom. The maximum absolute atomic E-state index is 13.0. The zero-order valence-electron chi connectivity index (χ0n) is 18.0. The van der Waals surface area contributed by atoms with Gasteiger partial charge in [0.25, 0.3) is 0 Å². The molecule has 1 aromatic carbocycles. The van der Waals surface area contributed by atoms with Gasteiger partial charge in [-0.2, -0.15) is 0 Å². The highest BCUT2D eigenvalue weighted by molar-refractivity contribution is 6.31. The minimum absolute atomic E-state index is 0.0914. The SMILES string of the molecule is Cc1ccc(N(CC(=O)N2CCC(C)CC2)CC(=O)N2CCC(C)CC2)cc1Cl. The summed E-state index contributed by atoms with van der Waals surface area (Å²) in [7, 11) is 0. The number of hydrogen-bond acceptors (Lipinski definition) is 3. The number of aryl methyl sites for hydroxylation is 1. The Bertz CT molecular complexity index is 687. The molecule has 0 bridgehead atoms. The third-order valence-electron chi connectivity index (χ3n) is 6.45. The van der Waals surface area contributed by atoms with Gasteiger partial charge in [-0.05, 0) is 62.1 Å². The Labute approximate surface area is 180 Å². The van der Waals surface area contributed by atoms with Crippen LogP contribution in [-0.4, -0.2) is 60.9 Å². The molecule has 0 N–H and O–H groups in total. The van der Waals surface area contributed by atoms with E-state index in [4.69, 9.17) is 11.6 Å². The van der Waals surface area contributed by atoms with Crippen LogP contribution in [0.1, 0.15) is 45.1 Å². The zero-order chi connectivity index (χ0) is 21.0. The predicted octanol–water partition coefficient (Wildman–Crippen LogP) is 3.97. The van der Waals surface area contributed by atoms with Crippen molar-refractivity contribution < 1.29 is 9.59 Å². The molecule has 29 heavy (non-hydrogen) atoms. The van der Waals surface area contributed by atoms with Crippen LogP contribution < -0.4 is 4.90 Å². The molecule has 2 saturated heterocycles. The fourth-order valence-corrected chi connectivity index (χ4v) is 4.23. The first kappa shape index (κ1) is 21.9. The number of carbonyl (C=O) groups is 2. The molecule has 0 spiro atoms. The van der Waals surface area contributed by atoms with E-state index in [2.05, 4.69) is 13.8 Å². The lowest BCUT2D eigenvalue weighted by molar-refractivity contribution is -0.132. The molecule has 6 heteroatoms. The molecule has 2 aliphatic rings. The molecule has 0 radical (unpaired) electrons. The maximum Gasteiger partial charge on any atom is 0.242 e. The minimum Gasteiger partial charge on any atom is -0.353 e. The van der Waals surface area contributed by atoms with Gasteiger partial charge in [-0.3, -0.25) is 9.59 Å². The highest BCUT2D eigenvalue weighted by atomic mass is 35.5. The molecule has 0 atom stereocenters. The van der Waals surface area contributed by atoms with Crippen LogP contribution in [-0.2, 0) is 9.59 Å². The summed E-state index contributed by atoms with van der Waals surface area (Å²) in [5.41, 5.74) is 1.82. The molecule has 3 rings (SSSR count). The van der Waals surface area contributed by atoms with Gasteiger partial charge in [0.1, 0.15) is 0 Å². The minimum atomic E-state index is 0.0914. The van der Waals surface area contributed by atoms with Gasteiger partial charge < -0.3 is 14.7 Å². The van der Waals surface area contributed by atoms with E-state index in [1.165, 1.54) is 0 Å². The van der Waals surface area contributed by atoms with Gasteiger partial charge in [-0.15, -0.1) is 0 Å². The topological polar surface area (TPSA) is 43.9 Å². The van der Waals surface area contributed by atoms with Crippen molar-refractivity contribution in [2.45, 2.75) is 46.5 Å². The number of anilines is 1. The predicted molar refractivity (Wildman–Crippen MR) is 118 cm³/mol. The molecule has 2 fully saturated rings. The van der Waals surface area contributed by atoms with E-state index in [0.29, 0.717) is 16.9 Å². The summed E-state index contributed by atoms with van der Waals surface area (Å²) < 4.78 is 0. The lowest BCUT2D eigenvalue weighted by Gasteiger charge is -2.35. The van der Waals surface area contributed by atoms with Crippen molar-refractivity contribution in [2.24, 2.45) is 11.8 Å². The molecule has 0 unspecified atom stereocenters. The quantitative estimate of drug-likeness (QED) is 0.725. The van der Waals surface area contributed by atoms with E-state index in [0.717, 1.165) is 63.1 Å². The lowest BCUT2D eigenvalue weighted by atomic mass is 9.99. The fraction of sp³-hybridized carbons (Fsp3) is 0.652. The Morgan fingerprint density at radius 2 is 1.38 bits per heavy atom. The summed E-state index contributed by atoms with van der Waals surface area (Å²) in [5.74, 6) is 1.53. The summed E-state index contributed by atoms with van der Waals surface area (Å²) in [6, 6.07) is 5.77. The Kier molecular flexibility index (Phi) is 7.44. The molecule has 5 nitrogen and oxygen atoms in total. The molecule has 2 aliphatic heterocycles. The lowest BCUT2D eigenvalue weighted by Crippen LogP contribution is -2.48. The molecule has 0 aromatic heterocycles. The van der Waals surface area contributed by atoms with E-state index in [1.54, 1.807) is 0 Å². The molecule has 1 aromatic rings. The summed E-state index contributed by atoms with van der Waals surface area (Å²) in [4.78, 5) is 31.7. The van der Waals surface area contributed by atoms with Crippen LogP contribution in [0.3, 0.4) is 0 Å². The van der Waals surface area contributed by atoms with Crippen molar-refractivity contribution in [1.82, 2.24) is 9.80 Å². The van der Waals surface area contributed by atoms with Gasteiger partial charge in [0.2, 0.25) is 11.8 Å². The van der Waals surface area contributed by atoms with Gasteiger partial charge >= 0.3 is 0 Å². The van der Waals surface area contributed by atoms with Crippen molar-refractivity contribution in [1.29, 1.82) is 0 Å². The van der Waals surface area contributed by atoms with Gasteiger partial charge in [-0.25, -0.2) is 0 Å². The highest BCUT2D eigenvalue weighted by Gasteiger charge is 2.26. The summed E-state index contributed by atoms with van der Waals surface area (Å²) in [6.07, 6.45) is 4.19. The number of amides is 2. The first-order valence-corrected chi connectivity index (χ1v) is 11.3. The summed E-state index contributed by atoms with van der Waals surface area (Å²) in [6.45, 7) is 10.1. The van der Waals surface area contributed by atoms with Crippen molar-refractivity contribution in [3.05, 3.63) is 28.8 Å². The van der Waals surface area contributed by atoms with Crippen LogP contribution in [0.5, 0.6) is 0 Å². The van der Waals surface area contributed by atoms with Crippen molar-refractivity contribution in [3.63, 3.8) is 0 Å². The number of carbonyl (C=O) groups excluding carboxylic acids is 2. The van der Waals surface area contributed by atoms with Gasteiger partial charge in [-0.1, -0.05) is 31.5 Å². The Hall–Kier alpha value is -1.75. The van der Waals surface area contributed by atoms with Crippen LogP contribution in [0.4, 0.5) is 5.69 Å². The zero-order valence-corrected chi connectivity index (χ0v) is 18.7. The number of hydrogen-bond donors (Lipinski definition) is 0. The molecule has 2 amide bonds. The number of rotatable bonds is 5.